The topological polar surface area (TPSA) is 70.7 Å². The number of ether oxygens (including phenoxy) is 1. The van der Waals surface area contributed by atoms with E-state index in [0.717, 1.165) is 25.9 Å². The molecule has 0 aliphatic carbocycles. The molecule has 2 aliphatic rings. The van der Waals surface area contributed by atoms with E-state index in [1.807, 2.05) is 0 Å². The zero-order valence-corrected chi connectivity index (χ0v) is 15.1. The van der Waals surface area contributed by atoms with Crippen LogP contribution in [0.3, 0.4) is 0 Å². The first-order chi connectivity index (χ1) is 12.5. The lowest BCUT2D eigenvalue weighted by Crippen LogP contribution is -2.48. The van der Waals surface area contributed by atoms with Gasteiger partial charge in [-0.1, -0.05) is 12.1 Å². The largest absolute Gasteiger partial charge is 0.384 e. The number of carbonyl (C=O) groups is 2. The molecule has 7 heteroatoms. The molecule has 0 radical (unpaired) electrons. The van der Waals surface area contributed by atoms with E-state index in [-0.39, 0.29) is 35.9 Å². The third-order valence-electron chi connectivity index (χ3n) is 5.39. The van der Waals surface area contributed by atoms with Gasteiger partial charge in [0, 0.05) is 32.0 Å². The lowest BCUT2D eigenvalue weighted by Gasteiger charge is -2.37. The summed E-state index contributed by atoms with van der Waals surface area (Å²) in [6.45, 7) is 3.15. The zero-order valence-electron chi connectivity index (χ0n) is 15.1. The van der Waals surface area contributed by atoms with Crippen LogP contribution < -0.4 is 15.5 Å². The predicted octanol–water partition coefficient (Wildman–Crippen LogP) is 1.31. The molecule has 2 fully saturated rings. The molecular formula is C19H26FN3O3. The van der Waals surface area contributed by atoms with Crippen molar-refractivity contribution >= 4 is 17.5 Å². The van der Waals surface area contributed by atoms with E-state index in [1.165, 1.54) is 11.0 Å². The van der Waals surface area contributed by atoms with Gasteiger partial charge < -0.3 is 20.3 Å². The quantitative estimate of drug-likeness (QED) is 0.800. The van der Waals surface area contributed by atoms with Gasteiger partial charge in [-0.15, -0.1) is 0 Å². The summed E-state index contributed by atoms with van der Waals surface area (Å²) < 4.78 is 19.3. The van der Waals surface area contributed by atoms with Crippen molar-refractivity contribution in [3.63, 3.8) is 0 Å². The van der Waals surface area contributed by atoms with Gasteiger partial charge in [0.05, 0.1) is 18.2 Å². The maximum absolute atomic E-state index is 14.0. The maximum Gasteiger partial charge on any atom is 0.227 e. The van der Waals surface area contributed by atoms with E-state index in [4.69, 9.17) is 4.74 Å². The first kappa shape index (κ1) is 18.8. The van der Waals surface area contributed by atoms with Crippen LogP contribution in [-0.4, -0.2) is 51.7 Å². The maximum atomic E-state index is 14.0. The summed E-state index contributed by atoms with van der Waals surface area (Å²) in [5, 5.41) is 6.33. The molecule has 3 rings (SSSR count). The van der Waals surface area contributed by atoms with Crippen LogP contribution in [0.25, 0.3) is 0 Å². The molecule has 2 saturated heterocycles. The average molecular weight is 363 g/mol. The van der Waals surface area contributed by atoms with Gasteiger partial charge in [0.15, 0.2) is 0 Å². The molecule has 142 valence electrons. The van der Waals surface area contributed by atoms with Crippen LogP contribution in [0.4, 0.5) is 10.1 Å². The van der Waals surface area contributed by atoms with Gasteiger partial charge in [0.25, 0.3) is 0 Å². The Bertz CT molecular complexity index is 656. The Morgan fingerprint density at radius 3 is 2.81 bits per heavy atom. The van der Waals surface area contributed by atoms with Gasteiger partial charge in [-0.2, -0.15) is 0 Å². The molecule has 0 aromatic heterocycles. The molecule has 2 aliphatic heterocycles. The molecule has 2 heterocycles. The Balaban J connectivity index is 1.60. The first-order valence-corrected chi connectivity index (χ1v) is 9.07. The van der Waals surface area contributed by atoms with Crippen molar-refractivity contribution in [3.8, 4) is 0 Å². The fourth-order valence-corrected chi connectivity index (χ4v) is 3.84. The molecule has 1 aromatic carbocycles. The molecule has 1 atom stereocenters. The number of nitrogens with one attached hydrogen (secondary N) is 2. The summed E-state index contributed by atoms with van der Waals surface area (Å²) in [6, 6.07) is 6.15. The van der Waals surface area contributed by atoms with E-state index in [0.29, 0.717) is 13.2 Å². The highest BCUT2D eigenvalue weighted by Crippen LogP contribution is 2.30. The molecule has 6 nitrogen and oxygen atoms in total. The van der Waals surface area contributed by atoms with E-state index < -0.39 is 11.7 Å². The third-order valence-corrected chi connectivity index (χ3v) is 5.39. The summed E-state index contributed by atoms with van der Waals surface area (Å²) in [5.74, 6) is -1.27. The minimum atomic E-state index is -0.455. The van der Waals surface area contributed by atoms with Gasteiger partial charge >= 0.3 is 0 Å². The third kappa shape index (κ3) is 4.04. The second-order valence-electron chi connectivity index (χ2n) is 7.26. The minimum absolute atomic E-state index is 0.0660. The number of hydrogen-bond donors (Lipinski definition) is 2. The highest BCUT2D eigenvalue weighted by molar-refractivity contribution is 6.00. The van der Waals surface area contributed by atoms with Crippen LogP contribution in [0.1, 0.15) is 19.3 Å². The lowest BCUT2D eigenvalue weighted by atomic mass is 9.79. The average Bonchev–Trinajstić information content (AvgIpc) is 3.03. The van der Waals surface area contributed by atoms with Gasteiger partial charge in [-0.3, -0.25) is 9.59 Å². The number of nitrogens with zero attached hydrogens (tertiary/aromatic N) is 1. The van der Waals surface area contributed by atoms with Crippen molar-refractivity contribution in [2.24, 2.45) is 11.3 Å². The normalized spacial score (nSPS) is 22.5. The van der Waals surface area contributed by atoms with E-state index in [1.54, 1.807) is 25.3 Å². The monoisotopic (exact) mass is 363 g/mol. The fraction of sp³-hybridized carbons (Fsp3) is 0.579. The Morgan fingerprint density at radius 2 is 2.12 bits per heavy atom. The number of halogens is 1. The van der Waals surface area contributed by atoms with Crippen molar-refractivity contribution in [3.05, 3.63) is 30.1 Å². The van der Waals surface area contributed by atoms with Crippen molar-refractivity contribution in [2.45, 2.75) is 19.3 Å². The second-order valence-corrected chi connectivity index (χ2v) is 7.26. The van der Waals surface area contributed by atoms with Crippen molar-refractivity contribution in [1.29, 1.82) is 0 Å². The summed E-state index contributed by atoms with van der Waals surface area (Å²) in [5.41, 5.74) is 0.172. The summed E-state index contributed by atoms with van der Waals surface area (Å²) >= 11 is 0. The number of amides is 2. The molecule has 0 spiro atoms. The van der Waals surface area contributed by atoms with E-state index >= 15 is 0 Å². The van der Waals surface area contributed by atoms with Crippen LogP contribution >= 0.6 is 0 Å². The number of methoxy groups -OCH3 is 1. The number of benzene rings is 1. The minimum Gasteiger partial charge on any atom is -0.384 e. The smallest absolute Gasteiger partial charge is 0.227 e. The highest BCUT2D eigenvalue weighted by Gasteiger charge is 2.38. The molecule has 0 saturated carbocycles. The number of piperidine rings is 1. The molecule has 1 aromatic rings. The number of anilines is 1. The molecular weight excluding hydrogens is 337 g/mol. The van der Waals surface area contributed by atoms with Gasteiger partial charge in [0.2, 0.25) is 11.8 Å². The standard InChI is InChI=1S/C19H26FN3O3/c1-26-13-19(6-8-21-9-7-19)12-22-18(25)14-10-17(24)23(11-14)16-5-3-2-4-15(16)20/h2-5,14,21H,6-13H2,1H3,(H,22,25). The van der Waals surface area contributed by atoms with Crippen LogP contribution in [0.15, 0.2) is 24.3 Å². The first-order valence-electron chi connectivity index (χ1n) is 9.07. The van der Waals surface area contributed by atoms with Gasteiger partial charge in [0.1, 0.15) is 5.82 Å². The van der Waals surface area contributed by atoms with Crippen LogP contribution in [0, 0.1) is 17.2 Å². The Labute approximate surface area is 153 Å². The number of carbonyl (C=O) groups excluding carboxylic acids is 2. The highest BCUT2D eigenvalue weighted by atomic mass is 19.1. The Morgan fingerprint density at radius 1 is 1.38 bits per heavy atom. The van der Waals surface area contributed by atoms with Crippen LogP contribution in [0.5, 0.6) is 0 Å². The molecule has 0 bridgehead atoms. The van der Waals surface area contributed by atoms with Crippen LogP contribution in [-0.2, 0) is 14.3 Å². The molecule has 2 N–H and O–H groups in total. The number of para-hydroxylation sites is 1. The van der Waals surface area contributed by atoms with Gasteiger partial charge in [-0.25, -0.2) is 4.39 Å². The fourth-order valence-electron chi connectivity index (χ4n) is 3.84. The summed E-state index contributed by atoms with van der Waals surface area (Å²) in [4.78, 5) is 26.2. The van der Waals surface area contributed by atoms with E-state index in [9.17, 15) is 14.0 Å². The summed E-state index contributed by atoms with van der Waals surface area (Å²) in [6.07, 6.45) is 1.98. The Kier molecular flexibility index (Phi) is 5.88. The molecule has 26 heavy (non-hydrogen) atoms. The zero-order chi connectivity index (χ0) is 18.6. The van der Waals surface area contributed by atoms with E-state index in [2.05, 4.69) is 10.6 Å². The lowest BCUT2D eigenvalue weighted by molar-refractivity contribution is -0.127. The molecule has 2 amide bonds. The summed E-state index contributed by atoms with van der Waals surface area (Å²) in [7, 11) is 1.67. The van der Waals surface area contributed by atoms with Crippen LogP contribution in [0.2, 0.25) is 0 Å². The van der Waals surface area contributed by atoms with Crippen molar-refractivity contribution < 1.29 is 18.7 Å². The Hall–Kier alpha value is -1.99. The second kappa shape index (κ2) is 8.14. The van der Waals surface area contributed by atoms with Crippen molar-refractivity contribution in [2.75, 3.05) is 44.8 Å². The molecule has 1 unspecified atom stereocenters. The van der Waals surface area contributed by atoms with Crippen molar-refractivity contribution in [1.82, 2.24) is 10.6 Å². The predicted molar refractivity (Wildman–Crippen MR) is 96.3 cm³/mol. The SMILES string of the molecule is COCC1(CNC(=O)C2CC(=O)N(c3ccccc3F)C2)CCNCC1. The number of rotatable bonds is 6. The van der Waals surface area contributed by atoms with Gasteiger partial charge in [-0.05, 0) is 38.1 Å². The number of hydrogen-bond acceptors (Lipinski definition) is 4.